The maximum atomic E-state index is 13.2. The lowest BCUT2D eigenvalue weighted by molar-refractivity contribution is -0.137. The number of nitrogens with one attached hydrogen (secondary N) is 3. The third kappa shape index (κ3) is 8.17. The van der Waals surface area contributed by atoms with Gasteiger partial charge in [0, 0.05) is 31.4 Å². The molecule has 0 saturated heterocycles. The van der Waals surface area contributed by atoms with E-state index in [1.807, 2.05) is 0 Å². The molecule has 3 rings (SSSR count). The Hall–Kier alpha value is -4.65. The lowest BCUT2D eigenvalue weighted by atomic mass is 10.1. The number of ether oxygens (including phenoxy) is 2. The number of alkyl halides is 3. The summed E-state index contributed by atoms with van der Waals surface area (Å²) in [7, 11) is 5.04. The second-order valence-electron chi connectivity index (χ2n) is 8.35. The van der Waals surface area contributed by atoms with Crippen molar-refractivity contribution in [1.29, 1.82) is 0 Å². The van der Waals surface area contributed by atoms with E-state index in [2.05, 4.69) is 21.2 Å². The molecule has 10 nitrogen and oxygen atoms in total. The average Bonchev–Trinajstić information content (AvgIpc) is 2.90. The Morgan fingerprint density at radius 1 is 0.923 bits per heavy atom. The number of carbonyl (C=O) groups excluding carboxylic acids is 3. The Labute approximate surface area is 222 Å². The van der Waals surface area contributed by atoms with Crippen LogP contribution in [0.3, 0.4) is 0 Å². The zero-order chi connectivity index (χ0) is 28.6. The highest BCUT2D eigenvalue weighted by Crippen LogP contribution is 2.32. The summed E-state index contributed by atoms with van der Waals surface area (Å²) in [6.45, 7) is 0.587. The molecule has 0 bridgehead atoms. The van der Waals surface area contributed by atoms with Gasteiger partial charge in [0.05, 0.1) is 11.1 Å². The molecule has 13 heteroatoms. The largest absolute Gasteiger partial charge is 0.491 e. The van der Waals surface area contributed by atoms with Gasteiger partial charge in [0.2, 0.25) is 0 Å². The van der Waals surface area contributed by atoms with Crippen LogP contribution in [0.1, 0.15) is 36.8 Å². The summed E-state index contributed by atoms with van der Waals surface area (Å²) in [6.07, 6.45) is -3.30. The number of amides is 3. The van der Waals surface area contributed by atoms with Gasteiger partial charge in [-0.3, -0.25) is 30.2 Å². The van der Waals surface area contributed by atoms with Crippen molar-refractivity contribution in [1.82, 2.24) is 26.1 Å². The molecule has 0 saturated carbocycles. The predicted molar refractivity (Wildman–Crippen MR) is 135 cm³/mol. The SMILES string of the molecule is CNC(=O)c1cc(Oc2cccc(C(=O)NNC(=O)c3cc(C(F)(F)F)ccc3OCCN(C)C)c2)ccn1. The van der Waals surface area contributed by atoms with Crippen molar-refractivity contribution in [2.45, 2.75) is 6.18 Å². The van der Waals surface area contributed by atoms with E-state index in [9.17, 15) is 27.6 Å². The van der Waals surface area contributed by atoms with Gasteiger partial charge in [-0.2, -0.15) is 13.2 Å². The lowest BCUT2D eigenvalue weighted by Crippen LogP contribution is -2.41. The fourth-order valence-electron chi connectivity index (χ4n) is 3.16. The molecule has 0 atom stereocenters. The Kier molecular flexibility index (Phi) is 9.44. The highest BCUT2D eigenvalue weighted by atomic mass is 19.4. The van der Waals surface area contributed by atoms with Crippen molar-refractivity contribution < 1.29 is 37.0 Å². The topological polar surface area (TPSA) is 122 Å². The van der Waals surface area contributed by atoms with Crippen LogP contribution in [0.2, 0.25) is 0 Å². The normalized spacial score (nSPS) is 11.1. The smallest absolute Gasteiger partial charge is 0.416 e. The van der Waals surface area contributed by atoms with Crippen molar-refractivity contribution in [2.24, 2.45) is 0 Å². The van der Waals surface area contributed by atoms with Crippen LogP contribution < -0.4 is 25.6 Å². The first-order valence-corrected chi connectivity index (χ1v) is 11.5. The van der Waals surface area contributed by atoms with Gasteiger partial charge in [0.15, 0.2) is 0 Å². The second kappa shape index (κ2) is 12.7. The van der Waals surface area contributed by atoms with E-state index < -0.39 is 35.0 Å². The van der Waals surface area contributed by atoms with Crippen molar-refractivity contribution in [3.63, 3.8) is 0 Å². The van der Waals surface area contributed by atoms with Crippen molar-refractivity contribution in [3.8, 4) is 17.2 Å². The zero-order valence-corrected chi connectivity index (χ0v) is 21.3. The molecule has 3 aromatic rings. The summed E-state index contributed by atoms with van der Waals surface area (Å²) in [6, 6.07) is 11.4. The predicted octanol–water partition coefficient (Wildman–Crippen LogP) is 3.27. The molecule has 1 aromatic heterocycles. The highest BCUT2D eigenvalue weighted by Gasteiger charge is 2.32. The van der Waals surface area contributed by atoms with Gasteiger partial charge in [0.25, 0.3) is 17.7 Å². The van der Waals surface area contributed by atoms with Gasteiger partial charge in [-0.1, -0.05) is 6.07 Å². The standard InChI is InChI=1S/C26H26F3N5O5/c1-30-25(37)21-15-19(9-10-31-21)39-18-6-4-5-16(13-18)23(35)32-33-24(36)20-14-17(26(27,28)29)7-8-22(20)38-12-11-34(2)3/h4-10,13-15H,11-12H2,1-3H3,(H,30,37)(H,32,35)(H,33,36). The molecule has 0 spiro atoms. The molecule has 0 radical (unpaired) electrons. The maximum absolute atomic E-state index is 13.2. The third-order valence-corrected chi connectivity index (χ3v) is 5.16. The maximum Gasteiger partial charge on any atom is 0.416 e. The van der Waals surface area contributed by atoms with Crippen LogP contribution in [0.25, 0.3) is 0 Å². The van der Waals surface area contributed by atoms with E-state index in [1.165, 1.54) is 43.6 Å². The Morgan fingerprint density at radius 3 is 2.33 bits per heavy atom. The quantitative estimate of drug-likeness (QED) is 0.353. The fraction of sp³-hybridized carbons (Fsp3) is 0.231. The molecule has 206 valence electrons. The number of halogens is 3. The summed E-state index contributed by atoms with van der Waals surface area (Å²) in [5, 5.41) is 2.45. The van der Waals surface area contributed by atoms with Crippen LogP contribution in [0.4, 0.5) is 13.2 Å². The number of hydrogen-bond acceptors (Lipinski definition) is 7. The van der Waals surface area contributed by atoms with Crippen LogP contribution in [0.5, 0.6) is 17.2 Å². The van der Waals surface area contributed by atoms with Crippen molar-refractivity contribution in [2.75, 3.05) is 34.3 Å². The molecule has 0 aliphatic heterocycles. The summed E-state index contributed by atoms with van der Waals surface area (Å²) < 4.78 is 50.9. The number of rotatable bonds is 9. The fourth-order valence-corrected chi connectivity index (χ4v) is 3.16. The van der Waals surface area contributed by atoms with Gasteiger partial charge in [-0.25, -0.2) is 0 Å². The van der Waals surface area contributed by atoms with E-state index in [4.69, 9.17) is 9.47 Å². The van der Waals surface area contributed by atoms with Crippen molar-refractivity contribution in [3.05, 3.63) is 83.2 Å². The molecule has 0 aliphatic rings. The first-order chi connectivity index (χ1) is 18.5. The van der Waals surface area contributed by atoms with E-state index in [0.29, 0.717) is 18.4 Å². The van der Waals surface area contributed by atoms with E-state index >= 15 is 0 Å². The van der Waals surface area contributed by atoms with Crippen LogP contribution in [-0.4, -0.2) is 61.9 Å². The van der Waals surface area contributed by atoms with Gasteiger partial charge < -0.3 is 19.7 Å². The van der Waals surface area contributed by atoms with Crippen LogP contribution in [0.15, 0.2) is 60.8 Å². The first-order valence-electron chi connectivity index (χ1n) is 11.5. The molecule has 0 fully saturated rings. The van der Waals surface area contributed by atoms with E-state index in [0.717, 1.165) is 12.1 Å². The molecule has 0 unspecified atom stereocenters. The number of hydrogen-bond donors (Lipinski definition) is 3. The number of likely N-dealkylation sites (N-methyl/N-ethyl adjacent to an activating group) is 1. The number of pyridine rings is 1. The van der Waals surface area contributed by atoms with Gasteiger partial charge in [0.1, 0.15) is 29.5 Å². The number of nitrogens with zero attached hydrogens (tertiary/aromatic N) is 2. The average molecular weight is 546 g/mol. The minimum absolute atomic E-state index is 0.0690. The minimum Gasteiger partial charge on any atom is -0.491 e. The minimum atomic E-state index is -4.68. The summed E-state index contributed by atoms with van der Waals surface area (Å²) in [4.78, 5) is 42.9. The number of hydrazine groups is 1. The highest BCUT2D eigenvalue weighted by molar-refractivity contribution is 6.00. The molecule has 0 aliphatic carbocycles. The van der Waals surface area contributed by atoms with E-state index in [1.54, 1.807) is 25.1 Å². The Balaban J connectivity index is 1.71. The number of benzene rings is 2. The Morgan fingerprint density at radius 2 is 1.64 bits per heavy atom. The summed E-state index contributed by atoms with van der Waals surface area (Å²) >= 11 is 0. The monoisotopic (exact) mass is 545 g/mol. The molecule has 3 N–H and O–H groups in total. The molecule has 3 amide bonds. The second-order valence-corrected chi connectivity index (χ2v) is 8.35. The van der Waals surface area contributed by atoms with Crippen LogP contribution >= 0.6 is 0 Å². The van der Waals surface area contributed by atoms with Crippen molar-refractivity contribution >= 4 is 17.7 Å². The molecule has 2 aromatic carbocycles. The van der Waals surface area contributed by atoms with Gasteiger partial charge in [-0.15, -0.1) is 0 Å². The molecule has 39 heavy (non-hydrogen) atoms. The summed E-state index contributed by atoms with van der Waals surface area (Å²) in [5.41, 5.74) is 3.07. The van der Waals surface area contributed by atoms with Gasteiger partial charge >= 0.3 is 6.18 Å². The lowest BCUT2D eigenvalue weighted by Gasteiger charge is -2.16. The van der Waals surface area contributed by atoms with Gasteiger partial charge in [-0.05, 0) is 56.6 Å². The van der Waals surface area contributed by atoms with Crippen LogP contribution in [-0.2, 0) is 6.18 Å². The number of aromatic nitrogens is 1. The first kappa shape index (κ1) is 28.9. The van der Waals surface area contributed by atoms with Crippen LogP contribution in [0, 0.1) is 0 Å². The molecular formula is C26H26F3N5O5. The molecular weight excluding hydrogens is 519 g/mol. The molecule has 1 heterocycles. The van der Waals surface area contributed by atoms with E-state index in [-0.39, 0.29) is 29.4 Å². The Bertz CT molecular complexity index is 1350. The summed E-state index contributed by atoms with van der Waals surface area (Å²) in [5.74, 6) is -1.69. The third-order valence-electron chi connectivity index (χ3n) is 5.16. The zero-order valence-electron chi connectivity index (χ0n) is 21.3. The number of carbonyl (C=O) groups is 3.